The average Bonchev–Trinajstić information content (AvgIpc) is 2.29. The fourth-order valence-electron chi connectivity index (χ4n) is 3.11. The van der Waals surface area contributed by atoms with E-state index >= 15 is 0 Å². The van der Waals surface area contributed by atoms with Crippen molar-refractivity contribution in [2.75, 3.05) is 0 Å². The molecule has 0 atom stereocenters. The third-order valence-electron chi connectivity index (χ3n) is 4.65. The maximum Gasteiger partial charge on any atom is -0.0250 e. The van der Waals surface area contributed by atoms with E-state index in [1.165, 1.54) is 48.8 Å². The predicted octanol–water partition coefficient (Wildman–Crippen LogP) is 4.98. The molecule has 17 heavy (non-hydrogen) atoms. The predicted molar refractivity (Wildman–Crippen MR) is 75.5 cm³/mol. The van der Waals surface area contributed by atoms with Gasteiger partial charge in [0.25, 0.3) is 0 Å². The van der Waals surface area contributed by atoms with Gasteiger partial charge in [-0.05, 0) is 74.1 Å². The van der Waals surface area contributed by atoms with Gasteiger partial charge >= 0.3 is 0 Å². The van der Waals surface area contributed by atoms with Gasteiger partial charge in [-0.15, -0.1) is 0 Å². The van der Waals surface area contributed by atoms with Crippen molar-refractivity contribution in [3.05, 3.63) is 34.4 Å². The zero-order chi connectivity index (χ0) is 12.4. The van der Waals surface area contributed by atoms with E-state index in [0.717, 1.165) is 11.8 Å². The molecule has 1 aromatic rings. The molecule has 1 aliphatic rings. The van der Waals surface area contributed by atoms with E-state index in [4.69, 9.17) is 0 Å². The van der Waals surface area contributed by atoms with Gasteiger partial charge in [0.1, 0.15) is 0 Å². The van der Waals surface area contributed by atoms with Crippen molar-refractivity contribution in [3.8, 4) is 0 Å². The summed E-state index contributed by atoms with van der Waals surface area (Å²) in [5.74, 6) is 1.90. The summed E-state index contributed by atoms with van der Waals surface area (Å²) in [4.78, 5) is 0. The molecule has 94 valence electrons. The highest BCUT2D eigenvalue weighted by Crippen LogP contribution is 2.31. The fraction of sp³-hybridized carbons (Fsp3) is 0.647. The minimum Gasteiger partial charge on any atom is -0.0625 e. The lowest BCUT2D eigenvalue weighted by molar-refractivity contribution is 0.289. The summed E-state index contributed by atoms with van der Waals surface area (Å²) >= 11 is 0. The molecule has 0 N–H and O–H groups in total. The largest absolute Gasteiger partial charge is 0.0625 e. The summed E-state index contributed by atoms with van der Waals surface area (Å²) < 4.78 is 0. The first kappa shape index (κ1) is 12.7. The fourth-order valence-corrected chi connectivity index (χ4v) is 3.11. The van der Waals surface area contributed by atoms with Crippen LogP contribution in [0.25, 0.3) is 0 Å². The molecule has 0 radical (unpaired) electrons. The first-order valence-corrected chi connectivity index (χ1v) is 7.13. The molecule has 1 fully saturated rings. The van der Waals surface area contributed by atoms with Crippen LogP contribution in [0, 0.1) is 32.6 Å². The summed E-state index contributed by atoms with van der Waals surface area (Å²) in [6, 6.07) is 4.81. The van der Waals surface area contributed by atoms with Gasteiger partial charge < -0.3 is 0 Å². The second-order valence-corrected chi connectivity index (χ2v) is 6.18. The van der Waals surface area contributed by atoms with Crippen LogP contribution in [0.1, 0.15) is 54.9 Å². The normalized spacial score (nSPS) is 24.9. The van der Waals surface area contributed by atoms with Gasteiger partial charge in [-0.2, -0.15) is 0 Å². The second-order valence-electron chi connectivity index (χ2n) is 6.18. The van der Waals surface area contributed by atoms with Crippen molar-refractivity contribution in [2.45, 2.75) is 59.8 Å². The van der Waals surface area contributed by atoms with Gasteiger partial charge in [0, 0.05) is 0 Å². The standard InChI is InChI=1S/C17H26/c1-12-5-7-16(8-6-12)11-17-9-13(2)15(4)14(3)10-17/h9-10,12,16H,5-8,11H2,1-4H3. The van der Waals surface area contributed by atoms with Crippen molar-refractivity contribution < 1.29 is 0 Å². The van der Waals surface area contributed by atoms with E-state index in [0.29, 0.717) is 0 Å². The molecule has 0 aromatic heterocycles. The minimum absolute atomic E-state index is 0.938. The Balaban J connectivity index is 2.04. The molecule has 0 amide bonds. The summed E-state index contributed by atoms with van der Waals surface area (Å²) in [5, 5.41) is 0. The molecule has 1 aromatic carbocycles. The number of aryl methyl sites for hydroxylation is 2. The molecular formula is C17H26. The Labute approximate surface area is 106 Å². The van der Waals surface area contributed by atoms with E-state index in [2.05, 4.69) is 39.8 Å². The highest BCUT2D eigenvalue weighted by atomic mass is 14.2. The minimum atomic E-state index is 0.938. The number of benzene rings is 1. The molecular weight excluding hydrogens is 204 g/mol. The third-order valence-corrected chi connectivity index (χ3v) is 4.65. The molecule has 0 aliphatic heterocycles. The second kappa shape index (κ2) is 5.25. The van der Waals surface area contributed by atoms with Crippen molar-refractivity contribution >= 4 is 0 Å². The van der Waals surface area contributed by atoms with E-state index < -0.39 is 0 Å². The number of rotatable bonds is 2. The lowest BCUT2D eigenvalue weighted by atomic mass is 9.79. The van der Waals surface area contributed by atoms with Crippen molar-refractivity contribution in [3.63, 3.8) is 0 Å². The van der Waals surface area contributed by atoms with Crippen LogP contribution in [0.4, 0.5) is 0 Å². The average molecular weight is 230 g/mol. The quantitative estimate of drug-likeness (QED) is 0.672. The van der Waals surface area contributed by atoms with Crippen molar-refractivity contribution in [2.24, 2.45) is 11.8 Å². The molecule has 0 spiro atoms. The lowest BCUT2D eigenvalue weighted by Crippen LogP contribution is -2.14. The van der Waals surface area contributed by atoms with Gasteiger partial charge in [-0.1, -0.05) is 31.9 Å². The molecule has 2 rings (SSSR count). The zero-order valence-corrected chi connectivity index (χ0v) is 11.8. The Hall–Kier alpha value is -0.780. The molecule has 0 heterocycles. The van der Waals surface area contributed by atoms with Crippen LogP contribution in [0.2, 0.25) is 0 Å². The van der Waals surface area contributed by atoms with Crippen LogP contribution < -0.4 is 0 Å². The zero-order valence-electron chi connectivity index (χ0n) is 11.8. The van der Waals surface area contributed by atoms with Crippen molar-refractivity contribution in [1.82, 2.24) is 0 Å². The molecule has 0 heteroatoms. The van der Waals surface area contributed by atoms with Gasteiger partial charge in [0.05, 0.1) is 0 Å². The van der Waals surface area contributed by atoms with Crippen LogP contribution in [0.5, 0.6) is 0 Å². The number of hydrogen-bond donors (Lipinski definition) is 0. The lowest BCUT2D eigenvalue weighted by Gasteiger charge is -2.26. The highest BCUT2D eigenvalue weighted by Gasteiger charge is 2.18. The van der Waals surface area contributed by atoms with E-state index in [-0.39, 0.29) is 0 Å². The molecule has 0 saturated heterocycles. The maximum atomic E-state index is 2.40. The van der Waals surface area contributed by atoms with Crippen LogP contribution in [0.3, 0.4) is 0 Å². The van der Waals surface area contributed by atoms with Crippen LogP contribution in [-0.4, -0.2) is 0 Å². The van der Waals surface area contributed by atoms with Crippen LogP contribution in [0.15, 0.2) is 12.1 Å². The molecule has 0 bridgehead atoms. The van der Waals surface area contributed by atoms with E-state index in [9.17, 15) is 0 Å². The Morgan fingerprint density at radius 3 is 2.00 bits per heavy atom. The van der Waals surface area contributed by atoms with Gasteiger partial charge in [0.15, 0.2) is 0 Å². The first-order valence-electron chi connectivity index (χ1n) is 7.13. The molecule has 0 unspecified atom stereocenters. The Morgan fingerprint density at radius 2 is 1.47 bits per heavy atom. The van der Waals surface area contributed by atoms with Crippen LogP contribution >= 0.6 is 0 Å². The van der Waals surface area contributed by atoms with E-state index in [1.807, 2.05) is 0 Å². The van der Waals surface area contributed by atoms with Gasteiger partial charge in [0.2, 0.25) is 0 Å². The number of hydrogen-bond acceptors (Lipinski definition) is 0. The Morgan fingerprint density at radius 1 is 0.941 bits per heavy atom. The SMILES string of the molecule is Cc1cc(CC2CCC(C)CC2)cc(C)c1C. The summed E-state index contributed by atoms with van der Waals surface area (Å²) in [6.07, 6.45) is 7.05. The van der Waals surface area contributed by atoms with E-state index in [1.54, 1.807) is 5.56 Å². The van der Waals surface area contributed by atoms with Gasteiger partial charge in [-0.25, -0.2) is 0 Å². The third kappa shape index (κ3) is 3.12. The molecule has 1 saturated carbocycles. The molecule has 0 nitrogen and oxygen atoms in total. The molecule has 1 aliphatic carbocycles. The maximum absolute atomic E-state index is 2.40. The topological polar surface area (TPSA) is 0 Å². The first-order chi connectivity index (χ1) is 8.06. The summed E-state index contributed by atoms with van der Waals surface area (Å²) in [6.45, 7) is 9.12. The van der Waals surface area contributed by atoms with Gasteiger partial charge in [-0.3, -0.25) is 0 Å². The summed E-state index contributed by atoms with van der Waals surface area (Å²) in [7, 11) is 0. The smallest absolute Gasteiger partial charge is 0.0250 e. The summed E-state index contributed by atoms with van der Waals surface area (Å²) in [5.41, 5.74) is 5.95. The monoisotopic (exact) mass is 230 g/mol. The highest BCUT2D eigenvalue weighted by molar-refractivity contribution is 5.37. The van der Waals surface area contributed by atoms with Crippen LogP contribution in [-0.2, 0) is 6.42 Å². The Bertz CT molecular complexity index is 358. The Kier molecular flexibility index (Phi) is 3.91. The van der Waals surface area contributed by atoms with Crippen molar-refractivity contribution in [1.29, 1.82) is 0 Å².